The maximum Gasteiger partial charge on any atom is 0.451 e. The SMILES string of the molecule is FC(F)(F)c1nccc(-c2ccc3nc(Cc4cc(CN5CCNCC5)ccn4)[nH]c3c2)n1. The molecule has 2 N–H and O–H groups in total. The molecule has 0 radical (unpaired) electrons. The van der Waals surface area contributed by atoms with Gasteiger partial charge < -0.3 is 10.3 Å². The number of nitrogens with zero attached hydrogens (tertiary/aromatic N) is 5. The predicted molar refractivity (Wildman–Crippen MR) is 117 cm³/mol. The van der Waals surface area contributed by atoms with Crippen LogP contribution >= 0.6 is 0 Å². The van der Waals surface area contributed by atoms with Crippen LogP contribution in [-0.4, -0.2) is 56.0 Å². The van der Waals surface area contributed by atoms with Crippen LogP contribution in [0.2, 0.25) is 0 Å². The van der Waals surface area contributed by atoms with Gasteiger partial charge in [-0.15, -0.1) is 0 Å². The number of halogens is 3. The fourth-order valence-electron chi connectivity index (χ4n) is 3.98. The third-order valence-electron chi connectivity index (χ3n) is 5.58. The van der Waals surface area contributed by atoms with Crippen molar-refractivity contribution in [3.05, 3.63) is 71.7 Å². The molecule has 1 aliphatic rings. The molecule has 5 rings (SSSR count). The van der Waals surface area contributed by atoms with E-state index in [1.165, 1.54) is 11.6 Å². The van der Waals surface area contributed by atoms with Crippen molar-refractivity contribution in [1.82, 2.24) is 35.1 Å². The average molecular weight is 453 g/mol. The molecule has 1 saturated heterocycles. The normalized spacial score (nSPS) is 15.2. The number of alkyl halides is 3. The first kappa shape index (κ1) is 21.5. The number of hydrogen-bond donors (Lipinski definition) is 2. The van der Waals surface area contributed by atoms with Crippen molar-refractivity contribution in [1.29, 1.82) is 0 Å². The van der Waals surface area contributed by atoms with E-state index in [1.807, 2.05) is 12.3 Å². The van der Waals surface area contributed by atoms with Crippen LogP contribution in [0.15, 0.2) is 48.8 Å². The Bertz CT molecular complexity index is 1260. The Labute approximate surface area is 188 Å². The quantitative estimate of drug-likeness (QED) is 0.482. The summed E-state index contributed by atoms with van der Waals surface area (Å²) in [5.41, 5.74) is 4.35. The highest BCUT2D eigenvalue weighted by Gasteiger charge is 2.34. The molecule has 3 aromatic heterocycles. The summed E-state index contributed by atoms with van der Waals surface area (Å²) in [5, 5.41) is 3.36. The van der Waals surface area contributed by atoms with Crippen LogP contribution in [-0.2, 0) is 19.1 Å². The molecular formula is C23H22F3N7. The van der Waals surface area contributed by atoms with Crippen molar-refractivity contribution in [2.75, 3.05) is 26.2 Å². The Hall–Kier alpha value is -3.37. The van der Waals surface area contributed by atoms with Crippen LogP contribution in [0.3, 0.4) is 0 Å². The third kappa shape index (κ3) is 5.01. The number of fused-ring (bicyclic) bond motifs is 1. The van der Waals surface area contributed by atoms with E-state index >= 15 is 0 Å². The number of aromatic amines is 1. The Morgan fingerprint density at radius 1 is 0.939 bits per heavy atom. The van der Waals surface area contributed by atoms with Crippen LogP contribution in [0.25, 0.3) is 22.3 Å². The monoisotopic (exact) mass is 453 g/mol. The molecule has 4 heterocycles. The van der Waals surface area contributed by atoms with Gasteiger partial charge in [0.1, 0.15) is 5.82 Å². The minimum atomic E-state index is -4.59. The number of nitrogens with one attached hydrogen (secondary N) is 2. The summed E-state index contributed by atoms with van der Waals surface area (Å²) in [6.07, 6.45) is -1.12. The molecular weight excluding hydrogens is 431 g/mol. The van der Waals surface area contributed by atoms with Crippen LogP contribution in [0, 0.1) is 0 Å². The van der Waals surface area contributed by atoms with Gasteiger partial charge in [-0.25, -0.2) is 15.0 Å². The lowest BCUT2D eigenvalue weighted by atomic mass is 10.1. The van der Waals surface area contributed by atoms with E-state index in [1.54, 1.807) is 18.2 Å². The molecule has 1 aliphatic heterocycles. The topological polar surface area (TPSA) is 82.6 Å². The van der Waals surface area contributed by atoms with Gasteiger partial charge in [0.25, 0.3) is 0 Å². The average Bonchev–Trinajstić information content (AvgIpc) is 3.21. The first-order valence-corrected chi connectivity index (χ1v) is 10.7. The van der Waals surface area contributed by atoms with Crippen LogP contribution < -0.4 is 5.32 Å². The summed E-state index contributed by atoms with van der Waals surface area (Å²) in [6.45, 7) is 4.96. The van der Waals surface area contributed by atoms with E-state index in [0.29, 0.717) is 12.0 Å². The molecule has 0 atom stereocenters. The summed E-state index contributed by atoms with van der Waals surface area (Å²) >= 11 is 0. The first-order valence-electron chi connectivity index (χ1n) is 10.7. The summed E-state index contributed by atoms with van der Waals surface area (Å²) in [6, 6.07) is 10.8. The number of benzene rings is 1. The van der Waals surface area contributed by atoms with Gasteiger partial charge in [0.15, 0.2) is 0 Å². The van der Waals surface area contributed by atoms with E-state index in [9.17, 15) is 13.2 Å². The van der Waals surface area contributed by atoms with Gasteiger partial charge in [-0.3, -0.25) is 9.88 Å². The fraction of sp³-hybridized carbons (Fsp3) is 0.304. The van der Waals surface area contributed by atoms with Gasteiger partial charge in [0, 0.05) is 62.8 Å². The highest BCUT2D eigenvalue weighted by atomic mass is 19.4. The van der Waals surface area contributed by atoms with E-state index in [-0.39, 0.29) is 5.69 Å². The van der Waals surface area contributed by atoms with Gasteiger partial charge in [-0.1, -0.05) is 6.07 Å². The highest BCUT2D eigenvalue weighted by molar-refractivity contribution is 5.81. The molecule has 0 saturated carbocycles. The zero-order valence-electron chi connectivity index (χ0n) is 17.7. The molecule has 0 spiro atoms. The maximum absolute atomic E-state index is 13.0. The van der Waals surface area contributed by atoms with Crippen molar-refractivity contribution in [2.24, 2.45) is 0 Å². The second kappa shape index (κ2) is 8.87. The molecule has 0 amide bonds. The van der Waals surface area contributed by atoms with Crippen molar-refractivity contribution in [2.45, 2.75) is 19.1 Å². The summed E-state index contributed by atoms with van der Waals surface area (Å²) in [4.78, 5) is 21.8. The summed E-state index contributed by atoms with van der Waals surface area (Å²) in [5.74, 6) is -0.412. The van der Waals surface area contributed by atoms with Crippen molar-refractivity contribution in [3.8, 4) is 11.3 Å². The number of aromatic nitrogens is 5. The lowest BCUT2D eigenvalue weighted by Gasteiger charge is -2.27. The number of H-pyrrole nitrogens is 1. The van der Waals surface area contributed by atoms with Crippen LogP contribution in [0.4, 0.5) is 13.2 Å². The van der Waals surface area contributed by atoms with Crippen molar-refractivity contribution in [3.63, 3.8) is 0 Å². The number of hydrogen-bond acceptors (Lipinski definition) is 6. The molecule has 10 heteroatoms. The van der Waals surface area contributed by atoms with Crippen molar-refractivity contribution < 1.29 is 13.2 Å². The molecule has 33 heavy (non-hydrogen) atoms. The number of piperazine rings is 1. The lowest BCUT2D eigenvalue weighted by molar-refractivity contribution is -0.144. The smallest absolute Gasteiger partial charge is 0.342 e. The van der Waals surface area contributed by atoms with Crippen LogP contribution in [0.1, 0.15) is 22.9 Å². The number of imidazole rings is 1. The van der Waals surface area contributed by atoms with Gasteiger partial charge in [0.05, 0.1) is 16.7 Å². The Morgan fingerprint density at radius 2 is 1.76 bits per heavy atom. The van der Waals surface area contributed by atoms with E-state index < -0.39 is 12.0 Å². The first-order chi connectivity index (χ1) is 15.9. The second-order valence-electron chi connectivity index (χ2n) is 8.04. The zero-order chi connectivity index (χ0) is 22.8. The van der Waals surface area contributed by atoms with E-state index in [2.05, 4.69) is 41.2 Å². The van der Waals surface area contributed by atoms with E-state index in [4.69, 9.17) is 0 Å². The molecule has 1 aromatic carbocycles. The Kier molecular flexibility index (Phi) is 5.77. The Balaban J connectivity index is 1.35. The lowest BCUT2D eigenvalue weighted by Crippen LogP contribution is -2.42. The van der Waals surface area contributed by atoms with E-state index in [0.717, 1.165) is 61.5 Å². The van der Waals surface area contributed by atoms with Gasteiger partial charge in [-0.2, -0.15) is 13.2 Å². The largest absolute Gasteiger partial charge is 0.451 e. The standard InChI is InChI=1S/C23H22F3N7/c24-23(25,26)22-29-6-4-18(32-22)16-1-2-19-20(12-16)31-21(30-19)13-17-11-15(3-5-28-17)14-33-9-7-27-8-10-33/h1-6,11-12,27H,7-10,13-14H2,(H,30,31). The number of rotatable bonds is 5. The summed E-state index contributed by atoms with van der Waals surface area (Å²) < 4.78 is 38.9. The second-order valence-corrected chi connectivity index (χ2v) is 8.04. The van der Waals surface area contributed by atoms with Gasteiger partial charge in [-0.05, 0) is 35.9 Å². The summed E-state index contributed by atoms with van der Waals surface area (Å²) in [7, 11) is 0. The predicted octanol–water partition coefficient (Wildman–Crippen LogP) is 3.43. The van der Waals surface area contributed by atoms with Gasteiger partial charge in [0.2, 0.25) is 5.82 Å². The minimum absolute atomic E-state index is 0.206. The zero-order valence-corrected chi connectivity index (χ0v) is 17.7. The minimum Gasteiger partial charge on any atom is -0.342 e. The molecule has 0 unspecified atom stereocenters. The highest BCUT2D eigenvalue weighted by Crippen LogP contribution is 2.28. The number of pyridine rings is 1. The molecule has 0 aliphatic carbocycles. The molecule has 4 aromatic rings. The fourth-order valence-corrected chi connectivity index (χ4v) is 3.98. The van der Waals surface area contributed by atoms with Gasteiger partial charge >= 0.3 is 6.18 Å². The molecule has 170 valence electrons. The van der Waals surface area contributed by atoms with Crippen molar-refractivity contribution >= 4 is 11.0 Å². The maximum atomic E-state index is 13.0. The molecule has 7 nitrogen and oxygen atoms in total. The molecule has 0 bridgehead atoms. The third-order valence-corrected chi connectivity index (χ3v) is 5.58. The Morgan fingerprint density at radius 3 is 2.58 bits per heavy atom. The molecule has 1 fully saturated rings. The van der Waals surface area contributed by atoms with Crippen LogP contribution in [0.5, 0.6) is 0 Å².